The highest BCUT2D eigenvalue weighted by Gasteiger charge is 2.73. The summed E-state index contributed by atoms with van der Waals surface area (Å²) >= 11 is 0. The maximum atomic E-state index is 12.9. The van der Waals surface area contributed by atoms with Gasteiger partial charge in [-0.05, 0) is 43.4 Å². The van der Waals surface area contributed by atoms with Crippen molar-refractivity contribution < 1.29 is 19.4 Å². The first kappa shape index (κ1) is 17.5. The van der Waals surface area contributed by atoms with E-state index in [1.54, 1.807) is 13.2 Å². The molecule has 2 fully saturated rings. The fourth-order valence-electron chi connectivity index (χ4n) is 6.55. The fourth-order valence-corrected chi connectivity index (χ4v) is 6.55. The topological polar surface area (TPSA) is 59.0 Å². The van der Waals surface area contributed by atoms with E-state index in [1.807, 2.05) is 6.07 Å². The number of phenolic OH excluding ortho intramolecular Hbond substituents is 1. The van der Waals surface area contributed by atoms with Crippen LogP contribution in [-0.2, 0) is 21.4 Å². The number of rotatable bonds is 4. The summed E-state index contributed by atoms with van der Waals surface area (Å²) in [6.07, 6.45) is 3.58. The molecule has 1 N–H and O–H groups in total. The Labute approximate surface area is 160 Å². The summed E-state index contributed by atoms with van der Waals surface area (Å²) in [6, 6.07) is 3.99. The van der Waals surface area contributed by atoms with Crippen LogP contribution in [0.25, 0.3) is 0 Å². The van der Waals surface area contributed by atoms with E-state index in [1.165, 1.54) is 5.56 Å². The predicted molar refractivity (Wildman–Crippen MR) is 101 cm³/mol. The first-order chi connectivity index (χ1) is 13.0. The van der Waals surface area contributed by atoms with Crippen molar-refractivity contribution in [2.45, 2.75) is 69.1 Å². The molecule has 1 aromatic rings. The number of piperidine rings is 1. The summed E-state index contributed by atoms with van der Waals surface area (Å²) in [6.45, 7) is 6.56. The largest absolute Gasteiger partial charge is 0.504 e. The number of phenols is 1. The van der Waals surface area contributed by atoms with E-state index in [9.17, 15) is 9.90 Å². The van der Waals surface area contributed by atoms with E-state index in [-0.39, 0.29) is 17.6 Å². The lowest BCUT2D eigenvalue weighted by Gasteiger charge is -2.64. The number of carbonyl (C=O) groups excluding carboxylic acids is 1. The zero-order chi connectivity index (χ0) is 19.0. The Balaban J connectivity index is 1.72. The van der Waals surface area contributed by atoms with Gasteiger partial charge in [-0.2, -0.15) is 0 Å². The number of aromatic hydroxyl groups is 1. The van der Waals surface area contributed by atoms with Gasteiger partial charge in [0.25, 0.3) is 0 Å². The molecule has 5 rings (SSSR count). The Hall–Kier alpha value is -1.59. The van der Waals surface area contributed by atoms with E-state index in [0.29, 0.717) is 18.1 Å². The number of likely N-dealkylation sites (tertiary alicyclic amines) is 1. The maximum absolute atomic E-state index is 12.9. The molecule has 5 heteroatoms. The van der Waals surface area contributed by atoms with Crippen molar-refractivity contribution in [1.82, 2.24) is 4.90 Å². The van der Waals surface area contributed by atoms with Gasteiger partial charge < -0.3 is 14.6 Å². The highest BCUT2D eigenvalue weighted by molar-refractivity contribution is 5.90. The molecule has 2 aliphatic carbocycles. The average Bonchev–Trinajstić information content (AvgIpc) is 3.03. The number of Topliss-reactive ketones (excluding diaryl/α,β-unsaturated/α-hetero) is 1. The predicted octanol–water partition coefficient (Wildman–Crippen LogP) is 2.82. The molecule has 1 saturated carbocycles. The standard InChI is InChI=1S/C22H29NO4/c1-4-13(2)12-23-10-9-21-18-14-5-6-15(24)19(18)27-20(21)16(25)7-8-22(21,26-3)17(23)11-14/h5-6,13,17,20,24H,4,7-12H2,1-3H3/t13?,17-,20?,21+,22-/m0/s1. The molecular formula is C22H29NO4. The first-order valence-corrected chi connectivity index (χ1v) is 10.3. The van der Waals surface area contributed by atoms with Crippen LogP contribution in [0.2, 0.25) is 0 Å². The average molecular weight is 371 g/mol. The molecule has 4 aliphatic rings. The van der Waals surface area contributed by atoms with Crippen molar-refractivity contribution in [3.8, 4) is 11.5 Å². The van der Waals surface area contributed by atoms with Crippen LogP contribution in [0.1, 0.15) is 50.7 Å². The highest BCUT2D eigenvalue weighted by atomic mass is 16.5. The Bertz CT molecular complexity index is 808. The van der Waals surface area contributed by atoms with Gasteiger partial charge in [-0.15, -0.1) is 0 Å². The summed E-state index contributed by atoms with van der Waals surface area (Å²) in [5, 5.41) is 10.5. The number of nitrogens with zero attached hydrogens (tertiary/aromatic N) is 1. The molecule has 27 heavy (non-hydrogen) atoms. The molecule has 2 bridgehead atoms. The minimum absolute atomic E-state index is 0.149. The SMILES string of the molecule is CCC(C)CN1CC[C@@]23c4c5ccc(O)c4OC2C(=O)CC[C@]3(OC)[C@@H]1C5. The monoisotopic (exact) mass is 371 g/mol. The van der Waals surface area contributed by atoms with E-state index in [4.69, 9.17) is 9.47 Å². The summed E-state index contributed by atoms with van der Waals surface area (Å²) in [4.78, 5) is 15.5. The molecule has 0 radical (unpaired) electrons. The molecule has 0 amide bonds. The summed E-state index contributed by atoms with van der Waals surface area (Å²) in [7, 11) is 1.81. The molecular weight excluding hydrogens is 342 g/mol. The Kier molecular flexibility index (Phi) is 3.70. The number of ketones is 1. The lowest BCUT2D eigenvalue weighted by Crippen LogP contribution is -2.77. The van der Waals surface area contributed by atoms with E-state index in [0.717, 1.165) is 44.3 Å². The van der Waals surface area contributed by atoms with Crippen molar-refractivity contribution >= 4 is 5.78 Å². The second-order valence-corrected chi connectivity index (χ2v) is 8.96. The second kappa shape index (κ2) is 5.71. The van der Waals surface area contributed by atoms with Crippen molar-refractivity contribution in [3.63, 3.8) is 0 Å². The third-order valence-electron chi connectivity index (χ3n) is 7.94. The van der Waals surface area contributed by atoms with Crippen LogP contribution < -0.4 is 4.74 Å². The van der Waals surface area contributed by atoms with Gasteiger partial charge in [0, 0.05) is 31.7 Å². The van der Waals surface area contributed by atoms with Crippen molar-refractivity contribution in [3.05, 3.63) is 23.3 Å². The van der Waals surface area contributed by atoms with Gasteiger partial charge in [0.15, 0.2) is 23.4 Å². The van der Waals surface area contributed by atoms with Crippen molar-refractivity contribution in [1.29, 1.82) is 0 Å². The number of ether oxygens (including phenoxy) is 2. The van der Waals surface area contributed by atoms with Gasteiger partial charge in [0.2, 0.25) is 0 Å². The van der Waals surface area contributed by atoms with Crippen LogP contribution in [0.15, 0.2) is 12.1 Å². The molecule has 0 aromatic heterocycles. The smallest absolute Gasteiger partial charge is 0.174 e. The molecule has 2 heterocycles. The summed E-state index contributed by atoms with van der Waals surface area (Å²) < 4.78 is 12.6. The normalized spacial score (nSPS) is 37.7. The van der Waals surface area contributed by atoms with Gasteiger partial charge in [0.1, 0.15) is 0 Å². The molecule has 5 atom stereocenters. The lowest BCUT2D eigenvalue weighted by atomic mass is 9.48. The molecule has 2 aliphatic heterocycles. The number of hydrogen-bond donors (Lipinski definition) is 1. The second-order valence-electron chi connectivity index (χ2n) is 8.96. The van der Waals surface area contributed by atoms with Crippen LogP contribution in [0.3, 0.4) is 0 Å². The maximum Gasteiger partial charge on any atom is 0.174 e. The van der Waals surface area contributed by atoms with Crippen LogP contribution >= 0.6 is 0 Å². The number of benzene rings is 1. The zero-order valence-corrected chi connectivity index (χ0v) is 16.5. The van der Waals surface area contributed by atoms with Gasteiger partial charge in [-0.1, -0.05) is 26.3 Å². The van der Waals surface area contributed by atoms with E-state index in [2.05, 4.69) is 18.7 Å². The molecule has 2 unspecified atom stereocenters. The molecule has 1 spiro atoms. The van der Waals surface area contributed by atoms with Crippen molar-refractivity contribution in [2.24, 2.45) is 5.92 Å². The van der Waals surface area contributed by atoms with Crippen LogP contribution in [-0.4, -0.2) is 53.7 Å². The fraction of sp³-hybridized carbons (Fsp3) is 0.682. The van der Waals surface area contributed by atoms with Crippen LogP contribution in [0.4, 0.5) is 0 Å². The Morgan fingerprint density at radius 3 is 2.96 bits per heavy atom. The van der Waals surface area contributed by atoms with E-state index < -0.39 is 17.1 Å². The highest BCUT2D eigenvalue weighted by Crippen LogP contribution is 2.65. The third-order valence-corrected chi connectivity index (χ3v) is 7.94. The van der Waals surface area contributed by atoms with E-state index >= 15 is 0 Å². The van der Waals surface area contributed by atoms with Gasteiger partial charge in [-0.3, -0.25) is 9.69 Å². The summed E-state index contributed by atoms with van der Waals surface area (Å²) in [5.41, 5.74) is 1.38. The minimum Gasteiger partial charge on any atom is -0.504 e. The van der Waals surface area contributed by atoms with Gasteiger partial charge in [0.05, 0.1) is 11.0 Å². The first-order valence-electron chi connectivity index (χ1n) is 10.3. The van der Waals surface area contributed by atoms with Crippen molar-refractivity contribution in [2.75, 3.05) is 20.2 Å². The van der Waals surface area contributed by atoms with Crippen LogP contribution in [0, 0.1) is 5.92 Å². The minimum atomic E-state index is -0.526. The summed E-state index contributed by atoms with van der Waals surface area (Å²) in [5.74, 6) is 1.46. The number of hydrogen-bond acceptors (Lipinski definition) is 5. The molecule has 1 aromatic carbocycles. The van der Waals surface area contributed by atoms with Gasteiger partial charge >= 0.3 is 0 Å². The quantitative estimate of drug-likeness (QED) is 0.882. The van der Waals surface area contributed by atoms with Gasteiger partial charge in [-0.25, -0.2) is 0 Å². The third kappa shape index (κ3) is 1.94. The number of carbonyl (C=O) groups is 1. The number of methoxy groups -OCH3 is 1. The zero-order valence-electron chi connectivity index (χ0n) is 16.5. The Morgan fingerprint density at radius 2 is 2.22 bits per heavy atom. The molecule has 146 valence electrons. The molecule has 5 nitrogen and oxygen atoms in total. The van der Waals surface area contributed by atoms with Crippen LogP contribution in [0.5, 0.6) is 11.5 Å². The lowest BCUT2D eigenvalue weighted by molar-refractivity contribution is -0.202. The molecule has 1 saturated heterocycles. The Morgan fingerprint density at radius 1 is 1.41 bits per heavy atom.